The average molecular weight is 304 g/mol. The Hall–Kier alpha value is -2.24. The molecule has 6 heteroatoms. The highest BCUT2D eigenvalue weighted by atomic mass is 16.5. The predicted octanol–water partition coefficient (Wildman–Crippen LogP) is 1.56. The Kier molecular flexibility index (Phi) is 3.92. The Morgan fingerprint density at radius 3 is 2.45 bits per heavy atom. The number of ether oxygens (including phenoxy) is 2. The lowest BCUT2D eigenvalue weighted by atomic mass is 10.2. The summed E-state index contributed by atoms with van der Waals surface area (Å²) in [6.07, 6.45) is 2.72. The number of anilines is 1. The first-order chi connectivity index (χ1) is 10.6. The Bertz CT molecular complexity index is 598. The summed E-state index contributed by atoms with van der Waals surface area (Å²) in [5.74, 6) is 0.620. The van der Waals surface area contributed by atoms with Crippen molar-refractivity contribution in [2.45, 2.75) is 25.3 Å². The summed E-state index contributed by atoms with van der Waals surface area (Å²) < 4.78 is 10.4. The monoisotopic (exact) mass is 304 g/mol. The summed E-state index contributed by atoms with van der Waals surface area (Å²) in [4.78, 5) is 24.1. The zero-order valence-electron chi connectivity index (χ0n) is 12.7. The summed E-state index contributed by atoms with van der Waals surface area (Å²) >= 11 is 0. The number of carbonyl (C=O) groups excluding carboxylic acids is 2. The second-order valence-corrected chi connectivity index (χ2v) is 5.79. The van der Waals surface area contributed by atoms with Gasteiger partial charge in [0, 0.05) is 12.1 Å². The summed E-state index contributed by atoms with van der Waals surface area (Å²) in [5.41, 5.74) is 0.585. The van der Waals surface area contributed by atoms with E-state index in [1.807, 2.05) is 0 Å². The lowest BCUT2D eigenvalue weighted by Crippen LogP contribution is -2.29. The van der Waals surface area contributed by atoms with Crippen LogP contribution in [-0.2, 0) is 9.59 Å². The zero-order valence-corrected chi connectivity index (χ0v) is 12.7. The highest BCUT2D eigenvalue weighted by Crippen LogP contribution is 2.41. The van der Waals surface area contributed by atoms with Crippen LogP contribution in [-0.4, -0.2) is 32.1 Å². The van der Waals surface area contributed by atoms with Gasteiger partial charge in [-0.25, -0.2) is 0 Å². The molecule has 2 N–H and O–H groups in total. The summed E-state index contributed by atoms with van der Waals surface area (Å²) in [6, 6.07) is 5.53. The molecule has 118 valence electrons. The Morgan fingerprint density at radius 1 is 1.09 bits per heavy atom. The van der Waals surface area contributed by atoms with E-state index in [1.165, 1.54) is 7.11 Å². The SMILES string of the molecule is COc1ccc(NC(=O)C2CC2C(=O)NC2CC2)c(OC)c1. The third-order valence-corrected chi connectivity index (χ3v) is 4.05. The zero-order chi connectivity index (χ0) is 15.7. The molecule has 2 unspecified atom stereocenters. The molecule has 0 bridgehead atoms. The minimum absolute atomic E-state index is 0.00402. The largest absolute Gasteiger partial charge is 0.497 e. The minimum Gasteiger partial charge on any atom is -0.497 e. The molecule has 0 radical (unpaired) electrons. The van der Waals surface area contributed by atoms with Gasteiger partial charge in [-0.15, -0.1) is 0 Å². The maximum absolute atomic E-state index is 12.2. The molecular formula is C16H20N2O4. The van der Waals surface area contributed by atoms with Crippen molar-refractivity contribution >= 4 is 17.5 Å². The van der Waals surface area contributed by atoms with Crippen molar-refractivity contribution < 1.29 is 19.1 Å². The highest BCUT2D eigenvalue weighted by molar-refractivity contribution is 6.00. The van der Waals surface area contributed by atoms with E-state index in [1.54, 1.807) is 25.3 Å². The van der Waals surface area contributed by atoms with Crippen molar-refractivity contribution in [3.8, 4) is 11.5 Å². The molecule has 3 rings (SSSR count). The van der Waals surface area contributed by atoms with Crippen LogP contribution >= 0.6 is 0 Å². The van der Waals surface area contributed by atoms with E-state index in [4.69, 9.17) is 9.47 Å². The van der Waals surface area contributed by atoms with E-state index in [0.717, 1.165) is 12.8 Å². The van der Waals surface area contributed by atoms with Gasteiger partial charge in [0.2, 0.25) is 11.8 Å². The molecule has 1 aromatic carbocycles. The van der Waals surface area contributed by atoms with E-state index < -0.39 is 0 Å². The molecule has 0 saturated heterocycles. The number of rotatable bonds is 6. The van der Waals surface area contributed by atoms with E-state index in [9.17, 15) is 9.59 Å². The van der Waals surface area contributed by atoms with E-state index in [-0.39, 0.29) is 23.7 Å². The number of hydrogen-bond donors (Lipinski definition) is 2. The van der Waals surface area contributed by atoms with Crippen LogP contribution in [0.3, 0.4) is 0 Å². The van der Waals surface area contributed by atoms with Crippen LogP contribution in [0.5, 0.6) is 11.5 Å². The fourth-order valence-electron chi connectivity index (χ4n) is 2.44. The van der Waals surface area contributed by atoms with Gasteiger partial charge in [0.1, 0.15) is 11.5 Å². The number of amides is 2. The van der Waals surface area contributed by atoms with E-state index in [2.05, 4.69) is 10.6 Å². The maximum Gasteiger partial charge on any atom is 0.228 e. The fourth-order valence-corrected chi connectivity index (χ4v) is 2.44. The van der Waals surface area contributed by atoms with Crippen molar-refractivity contribution in [3.63, 3.8) is 0 Å². The molecule has 0 aromatic heterocycles. The summed E-state index contributed by atoms with van der Waals surface area (Å²) in [7, 11) is 3.10. The van der Waals surface area contributed by atoms with E-state index in [0.29, 0.717) is 29.6 Å². The number of benzene rings is 1. The van der Waals surface area contributed by atoms with Crippen LogP contribution in [0.4, 0.5) is 5.69 Å². The first kappa shape index (κ1) is 14.7. The van der Waals surface area contributed by atoms with Crippen LogP contribution in [0.25, 0.3) is 0 Å². The fraction of sp³-hybridized carbons (Fsp3) is 0.500. The van der Waals surface area contributed by atoms with Crippen LogP contribution in [0, 0.1) is 11.8 Å². The average Bonchev–Trinajstić information content (AvgIpc) is 3.40. The van der Waals surface area contributed by atoms with Gasteiger partial charge in [0.25, 0.3) is 0 Å². The number of methoxy groups -OCH3 is 2. The van der Waals surface area contributed by atoms with E-state index >= 15 is 0 Å². The number of carbonyl (C=O) groups is 2. The Balaban J connectivity index is 1.59. The van der Waals surface area contributed by atoms with Crippen LogP contribution in [0.15, 0.2) is 18.2 Å². The highest BCUT2D eigenvalue weighted by Gasteiger charge is 2.49. The number of nitrogens with one attached hydrogen (secondary N) is 2. The normalized spacial score (nSPS) is 22.6. The quantitative estimate of drug-likeness (QED) is 0.836. The van der Waals surface area contributed by atoms with Gasteiger partial charge in [-0.2, -0.15) is 0 Å². The first-order valence-electron chi connectivity index (χ1n) is 7.45. The summed E-state index contributed by atoms with van der Waals surface area (Å²) in [5, 5.41) is 5.77. The third kappa shape index (κ3) is 3.16. The standard InChI is InChI=1S/C16H20N2O4/c1-21-10-5-6-13(14(7-10)22-2)18-16(20)12-8-11(12)15(19)17-9-3-4-9/h5-7,9,11-12H,3-4,8H2,1-2H3,(H,17,19)(H,18,20). The van der Waals surface area contributed by atoms with Crippen molar-refractivity contribution in [1.29, 1.82) is 0 Å². The van der Waals surface area contributed by atoms with Gasteiger partial charge in [-0.1, -0.05) is 0 Å². The van der Waals surface area contributed by atoms with Gasteiger partial charge in [-0.05, 0) is 31.4 Å². The van der Waals surface area contributed by atoms with Crippen molar-refractivity contribution in [1.82, 2.24) is 5.32 Å². The molecule has 2 fully saturated rings. The molecular weight excluding hydrogens is 284 g/mol. The molecule has 2 aliphatic rings. The van der Waals surface area contributed by atoms with Gasteiger partial charge in [0.05, 0.1) is 31.7 Å². The molecule has 0 heterocycles. The van der Waals surface area contributed by atoms with Crippen LogP contribution in [0.1, 0.15) is 19.3 Å². The van der Waals surface area contributed by atoms with Gasteiger partial charge in [-0.3, -0.25) is 9.59 Å². The lowest BCUT2D eigenvalue weighted by Gasteiger charge is -2.11. The lowest BCUT2D eigenvalue weighted by molar-refractivity contribution is -0.125. The predicted molar refractivity (Wildman–Crippen MR) is 80.9 cm³/mol. The minimum atomic E-state index is -0.245. The molecule has 0 aliphatic heterocycles. The Labute approximate surface area is 129 Å². The molecule has 0 spiro atoms. The maximum atomic E-state index is 12.2. The summed E-state index contributed by atoms with van der Waals surface area (Å²) in [6.45, 7) is 0. The van der Waals surface area contributed by atoms with Crippen LogP contribution < -0.4 is 20.1 Å². The first-order valence-corrected chi connectivity index (χ1v) is 7.45. The number of hydrogen-bond acceptors (Lipinski definition) is 4. The third-order valence-electron chi connectivity index (χ3n) is 4.05. The van der Waals surface area contributed by atoms with Crippen molar-refractivity contribution in [3.05, 3.63) is 18.2 Å². The molecule has 2 amide bonds. The van der Waals surface area contributed by atoms with Gasteiger partial charge in [0.15, 0.2) is 0 Å². The molecule has 22 heavy (non-hydrogen) atoms. The molecule has 2 saturated carbocycles. The topological polar surface area (TPSA) is 76.7 Å². The second-order valence-electron chi connectivity index (χ2n) is 5.79. The second kappa shape index (κ2) is 5.87. The Morgan fingerprint density at radius 2 is 1.82 bits per heavy atom. The molecule has 2 aliphatic carbocycles. The van der Waals surface area contributed by atoms with Crippen LogP contribution in [0.2, 0.25) is 0 Å². The van der Waals surface area contributed by atoms with Crippen molar-refractivity contribution in [2.24, 2.45) is 11.8 Å². The van der Waals surface area contributed by atoms with Gasteiger partial charge < -0.3 is 20.1 Å². The van der Waals surface area contributed by atoms with Crippen molar-refractivity contribution in [2.75, 3.05) is 19.5 Å². The molecule has 1 aromatic rings. The molecule has 2 atom stereocenters. The smallest absolute Gasteiger partial charge is 0.228 e. The van der Waals surface area contributed by atoms with Gasteiger partial charge >= 0.3 is 0 Å². The molecule has 6 nitrogen and oxygen atoms in total.